The van der Waals surface area contributed by atoms with Crippen molar-refractivity contribution in [2.75, 3.05) is 0 Å². The molecule has 1 aromatic carbocycles. The van der Waals surface area contributed by atoms with E-state index in [0.29, 0.717) is 0 Å². The molecule has 0 amide bonds. The van der Waals surface area contributed by atoms with E-state index < -0.39 is 4.92 Å². The second-order valence-corrected chi connectivity index (χ2v) is 5.04. The third-order valence-electron chi connectivity index (χ3n) is 3.22. The van der Waals surface area contributed by atoms with E-state index in [-0.39, 0.29) is 33.9 Å². The van der Waals surface area contributed by atoms with E-state index in [9.17, 15) is 14.9 Å². The molecule has 0 radical (unpaired) electrons. The number of nitrogens with zero attached hydrogens (tertiary/aromatic N) is 1. The van der Waals surface area contributed by atoms with Crippen LogP contribution in [0.5, 0.6) is 5.75 Å². The molecule has 0 N–H and O–H groups in total. The first kappa shape index (κ1) is 13.8. The number of Topliss-reactive ketones (excluding diaryl/α,β-unsaturated/α-hetero) is 1. The monoisotopic (exact) mass is 283 g/mol. The van der Waals surface area contributed by atoms with Gasteiger partial charge in [0.2, 0.25) is 0 Å². The lowest BCUT2D eigenvalue weighted by Crippen LogP contribution is -2.12. The Bertz CT molecular complexity index is 524. The maximum absolute atomic E-state index is 11.4. The molecule has 1 aromatic rings. The second-order valence-electron chi connectivity index (χ2n) is 4.64. The fraction of sp³-hybridized carbons (Fsp3) is 0.462. The summed E-state index contributed by atoms with van der Waals surface area (Å²) in [6.07, 6.45) is 4.10. The third-order valence-corrected chi connectivity index (χ3v) is 3.52. The molecule has 0 spiro atoms. The van der Waals surface area contributed by atoms with Gasteiger partial charge in [-0.15, -0.1) is 0 Å². The molecule has 1 aliphatic carbocycles. The number of hydrogen-bond donors (Lipinski definition) is 0. The Hall–Kier alpha value is -1.62. The lowest BCUT2D eigenvalue weighted by Gasteiger charge is -2.14. The van der Waals surface area contributed by atoms with Crippen molar-refractivity contribution in [2.24, 2.45) is 0 Å². The van der Waals surface area contributed by atoms with E-state index >= 15 is 0 Å². The maximum Gasteiger partial charge on any atom is 0.283 e. The molecule has 0 bridgehead atoms. The Morgan fingerprint density at radius 1 is 1.42 bits per heavy atom. The van der Waals surface area contributed by atoms with Gasteiger partial charge in [0.15, 0.2) is 5.78 Å². The van der Waals surface area contributed by atoms with Crippen LogP contribution in [0, 0.1) is 10.1 Å². The zero-order chi connectivity index (χ0) is 14.0. The quantitative estimate of drug-likeness (QED) is 0.479. The zero-order valence-corrected chi connectivity index (χ0v) is 11.3. The van der Waals surface area contributed by atoms with Crippen LogP contribution >= 0.6 is 11.6 Å². The zero-order valence-electron chi connectivity index (χ0n) is 10.5. The highest BCUT2D eigenvalue weighted by atomic mass is 35.5. The van der Waals surface area contributed by atoms with Crippen LogP contribution in [0.2, 0.25) is 5.02 Å². The van der Waals surface area contributed by atoms with Gasteiger partial charge in [-0.1, -0.05) is 11.6 Å². The van der Waals surface area contributed by atoms with E-state index in [1.165, 1.54) is 19.1 Å². The topological polar surface area (TPSA) is 69.4 Å². The van der Waals surface area contributed by atoms with Crippen molar-refractivity contribution in [3.8, 4) is 5.75 Å². The predicted molar refractivity (Wildman–Crippen MR) is 71.0 cm³/mol. The fourth-order valence-electron chi connectivity index (χ4n) is 2.25. The van der Waals surface area contributed by atoms with Gasteiger partial charge in [-0.25, -0.2) is 0 Å². The summed E-state index contributed by atoms with van der Waals surface area (Å²) in [7, 11) is 0. The highest BCUT2D eigenvalue weighted by molar-refractivity contribution is 6.32. The van der Waals surface area contributed by atoms with E-state index in [4.69, 9.17) is 16.3 Å². The number of benzene rings is 1. The van der Waals surface area contributed by atoms with E-state index in [2.05, 4.69) is 0 Å². The fourth-order valence-corrected chi connectivity index (χ4v) is 2.46. The van der Waals surface area contributed by atoms with Gasteiger partial charge in [-0.2, -0.15) is 0 Å². The van der Waals surface area contributed by atoms with Crippen LogP contribution in [-0.2, 0) is 0 Å². The summed E-state index contributed by atoms with van der Waals surface area (Å²) in [6.45, 7) is 1.27. The minimum atomic E-state index is -0.589. The van der Waals surface area contributed by atoms with E-state index in [0.717, 1.165) is 25.7 Å². The molecule has 1 aliphatic rings. The average Bonchev–Trinajstić information content (AvgIpc) is 2.83. The van der Waals surface area contributed by atoms with Crippen molar-refractivity contribution in [2.45, 2.75) is 38.7 Å². The van der Waals surface area contributed by atoms with Gasteiger partial charge in [0, 0.05) is 0 Å². The van der Waals surface area contributed by atoms with Crippen LogP contribution in [0.25, 0.3) is 0 Å². The van der Waals surface area contributed by atoms with Crippen LogP contribution in [0.4, 0.5) is 5.69 Å². The average molecular weight is 284 g/mol. The summed E-state index contributed by atoms with van der Waals surface area (Å²) in [5, 5.41) is 11.2. The summed E-state index contributed by atoms with van der Waals surface area (Å²) < 4.78 is 5.68. The molecule has 1 fully saturated rings. The Morgan fingerprint density at radius 3 is 2.58 bits per heavy atom. The second kappa shape index (κ2) is 5.57. The molecule has 1 saturated carbocycles. The number of halogens is 1. The Balaban J connectivity index is 2.36. The molecule has 0 atom stereocenters. The van der Waals surface area contributed by atoms with E-state index in [1.807, 2.05) is 0 Å². The molecule has 0 aliphatic heterocycles. The first-order valence-corrected chi connectivity index (χ1v) is 6.52. The van der Waals surface area contributed by atoms with Crippen molar-refractivity contribution < 1.29 is 14.5 Å². The van der Waals surface area contributed by atoms with Gasteiger partial charge in [0.25, 0.3) is 5.69 Å². The summed E-state index contributed by atoms with van der Waals surface area (Å²) in [5.41, 5.74) is -0.251. The first-order chi connectivity index (χ1) is 8.99. The van der Waals surface area contributed by atoms with Gasteiger partial charge < -0.3 is 4.74 Å². The number of carbonyl (C=O) groups excluding carboxylic acids is 1. The van der Waals surface area contributed by atoms with Gasteiger partial charge in [0.1, 0.15) is 5.75 Å². The normalized spacial score (nSPS) is 15.5. The molecular weight excluding hydrogens is 270 g/mol. The van der Waals surface area contributed by atoms with Gasteiger partial charge in [-0.05, 0) is 38.7 Å². The molecule has 0 aromatic heterocycles. The highest BCUT2D eigenvalue weighted by Gasteiger charge is 2.24. The lowest BCUT2D eigenvalue weighted by atomic mass is 10.1. The van der Waals surface area contributed by atoms with Crippen molar-refractivity contribution in [3.63, 3.8) is 0 Å². The van der Waals surface area contributed by atoms with Crippen LogP contribution in [-0.4, -0.2) is 16.8 Å². The Labute approximate surface area is 115 Å². The maximum atomic E-state index is 11.4. The van der Waals surface area contributed by atoms with Crippen molar-refractivity contribution in [1.29, 1.82) is 0 Å². The SMILES string of the molecule is CC(=O)c1cc(Cl)c(OC2CCCC2)cc1[N+](=O)[O-]. The molecule has 5 nitrogen and oxygen atoms in total. The molecule has 0 saturated heterocycles. The van der Waals surface area contributed by atoms with Crippen LogP contribution in [0.3, 0.4) is 0 Å². The molecule has 2 rings (SSSR count). The first-order valence-electron chi connectivity index (χ1n) is 6.14. The number of carbonyl (C=O) groups is 1. The smallest absolute Gasteiger partial charge is 0.283 e. The van der Waals surface area contributed by atoms with Crippen molar-refractivity contribution >= 4 is 23.1 Å². The minimum absolute atomic E-state index is 0.00812. The van der Waals surface area contributed by atoms with Crippen LogP contribution in [0.1, 0.15) is 43.0 Å². The largest absolute Gasteiger partial charge is 0.489 e. The van der Waals surface area contributed by atoms with Crippen molar-refractivity contribution in [1.82, 2.24) is 0 Å². The molecule has 0 heterocycles. The number of ketones is 1. The summed E-state index contributed by atoms with van der Waals surface area (Å²) >= 11 is 6.03. The van der Waals surface area contributed by atoms with E-state index in [1.54, 1.807) is 0 Å². The lowest BCUT2D eigenvalue weighted by molar-refractivity contribution is -0.385. The molecule has 19 heavy (non-hydrogen) atoms. The Kier molecular flexibility index (Phi) is 4.04. The minimum Gasteiger partial charge on any atom is -0.489 e. The van der Waals surface area contributed by atoms with Gasteiger partial charge in [-0.3, -0.25) is 14.9 Å². The Morgan fingerprint density at radius 2 is 2.05 bits per heavy atom. The summed E-state index contributed by atoms with van der Waals surface area (Å²) in [6, 6.07) is 2.56. The number of ether oxygens (including phenoxy) is 1. The summed E-state index contributed by atoms with van der Waals surface area (Å²) in [5.74, 6) is -0.105. The summed E-state index contributed by atoms with van der Waals surface area (Å²) in [4.78, 5) is 21.8. The molecular formula is C13H14ClNO4. The van der Waals surface area contributed by atoms with Crippen LogP contribution in [0.15, 0.2) is 12.1 Å². The number of hydrogen-bond acceptors (Lipinski definition) is 4. The van der Waals surface area contributed by atoms with Gasteiger partial charge >= 0.3 is 0 Å². The number of nitro groups is 1. The molecule has 0 unspecified atom stereocenters. The third kappa shape index (κ3) is 3.04. The number of nitro benzene ring substituents is 1. The predicted octanol–water partition coefficient (Wildman–Crippen LogP) is 3.77. The number of rotatable bonds is 4. The standard InChI is InChI=1S/C13H14ClNO4/c1-8(16)10-6-11(14)13(7-12(10)15(17)18)19-9-4-2-3-5-9/h6-7,9H,2-5H2,1H3. The molecule has 6 heteroatoms. The van der Waals surface area contributed by atoms with Gasteiger partial charge in [0.05, 0.1) is 27.7 Å². The van der Waals surface area contributed by atoms with Crippen molar-refractivity contribution in [3.05, 3.63) is 32.8 Å². The highest BCUT2D eigenvalue weighted by Crippen LogP contribution is 2.35. The van der Waals surface area contributed by atoms with Crippen LogP contribution < -0.4 is 4.74 Å². The molecule has 102 valence electrons.